The first kappa shape index (κ1) is 29.1. The van der Waals surface area contributed by atoms with Gasteiger partial charge in [-0.2, -0.15) is 4.99 Å². The van der Waals surface area contributed by atoms with Gasteiger partial charge in [-0.1, -0.05) is 40.5 Å². The molecule has 210 valence electrons. The van der Waals surface area contributed by atoms with Gasteiger partial charge in [0.2, 0.25) is 5.91 Å². The van der Waals surface area contributed by atoms with Crippen LogP contribution in [-0.2, 0) is 11.3 Å². The minimum atomic E-state index is -0.607. The summed E-state index contributed by atoms with van der Waals surface area (Å²) in [6.45, 7) is 3.08. The summed E-state index contributed by atoms with van der Waals surface area (Å²) in [6, 6.07) is 10.5. The number of aryl methyl sites for hydroxylation is 1. The summed E-state index contributed by atoms with van der Waals surface area (Å²) in [5, 5.41) is 13.3. The summed E-state index contributed by atoms with van der Waals surface area (Å²) in [5.74, 6) is 0.0271. The first-order valence-corrected chi connectivity index (χ1v) is 13.5. The van der Waals surface area contributed by atoms with Crippen LogP contribution in [-0.4, -0.2) is 42.6 Å². The Labute approximate surface area is 241 Å². The molecule has 5 N–H and O–H groups in total. The van der Waals surface area contributed by atoms with E-state index >= 15 is 0 Å². The van der Waals surface area contributed by atoms with Gasteiger partial charge in [0.1, 0.15) is 29.4 Å². The number of hydrogen-bond acceptors (Lipinski definition) is 8. The monoisotopic (exact) mass is 584 g/mol. The second kappa shape index (κ2) is 14.0. The lowest BCUT2D eigenvalue weighted by Gasteiger charge is -2.13. The van der Waals surface area contributed by atoms with E-state index in [1.807, 2.05) is 6.08 Å². The molecule has 0 spiro atoms. The Balaban J connectivity index is 1.55. The van der Waals surface area contributed by atoms with Crippen LogP contribution in [0.5, 0.6) is 5.75 Å². The molecule has 0 atom stereocenters. The molecule has 2 aromatic carbocycles. The number of amides is 2. The highest BCUT2D eigenvalue weighted by molar-refractivity contribution is 6.39. The molecule has 3 aliphatic heterocycles. The van der Waals surface area contributed by atoms with E-state index in [0.717, 1.165) is 19.3 Å². The standard InChI is InChI=1S/C28H30Cl2N6O4/c1-17-24-25(36-40-17)19-7-9-20(10-8-19)39-12-6-4-2-3-5-11-32-16-23(37)34-26-21(29)13-18(14-22(26)30)15-33-28(31)35-27(24)38/h4,6-10,13-14,32H,2-3,5,11-12,15-16H2,1H3,(H,34,37)(H3,31,33,35,38)/b6-4-. The molecule has 6 rings (SSSR count). The normalized spacial score (nSPS) is 18.0. The lowest BCUT2D eigenvalue weighted by Crippen LogP contribution is -2.32. The molecular weight excluding hydrogens is 555 g/mol. The minimum Gasteiger partial charge on any atom is -0.490 e. The van der Waals surface area contributed by atoms with E-state index in [2.05, 4.69) is 32.2 Å². The molecule has 0 radical (unpaired) electrons. The number of halogens is 2. The SMILES string of the molecule is Cc1onc2c1C(=O)/N=C(\N)NCc1cc(Cl)c(c(Cl)c1)NC(=O)CNCCCC/C=C\COc1ccc-2cc1. The van der Waals surface area contributed by atoms with Crippen LogP contribution in [0.3, 0.4) is 0 Å². The van der Waals surface area contributed by atoms with Gasteiger partial charge in [0.15, 0.2) is 5.96 Å². The summed E-state index contributed by atoms with van der Waals surface area (Å²) < 4.78 is 11.1. The zero-order valence-electron chi connectivity index (χ0n) is 21.9. The number of carbonyl (C=O) groups is 2. The average molecular weight is 585 g/mol. The third kappa shape index (κ3) is 7.84. The molecule has 40 heavy (non-hydrogen) atoms. The molecule has 12 heteroatoms. The topological polar surface area (TPSA) is 144 Å². The maximum Gasteiger partial charge on any atom is 0.286 e. The van der Waals surface area contributed by atoms with E-state index in [1.165, 1.54) is 0 Å². The van der Waals surface area contributed by atoms with Gasteiger partial charge < -0.3 is 30.9 Å². The van der Waals surface area contributed by atoms with Gasteiger partial charge in [-0.25, -0.2) is 0 Å². The lowest BCUT2D eigenvalue weighted by atomic mass is 10.1. The molecule has 4 heterocycles. The molecule has 4 bridgehead atoms. The van der Waals surface area contributed by atoms with Crippen LogP contribution in [0.4, 0.5) is 5.69 Å². The Morgan fingerprint density at radius 1 is 1.00 bits per heavy atom. The first-order valence-electron chi connectivity index (χ1n) is 12.8. The molecule has 0 unspecified atom stereocenters. The van der Waals surface area contributed by atoms with Gasteiger partial charge in [-0.3, -0.25) is 9.59 Å². The van der Waals surface area contributed by atoms with Crippen molar-refractivity contribution in [3.8, 4) is 17.0 Å². The number of hydrogen-bond donors (Lipinski definition) is 4. The van der Waals surface area contributed by atoms with Crippen molar-refractivity contribution in [1.82, 2.24) is 15.8 Å². The fourth-order valence-electron chi connectivity index (χ4n) is 4.00. The van der Waals surface area contributed by atoms with Gasteiger partial charge in [0.25, 0.3) is 5.91 Å². The summed E-state index contributed by atoms with van der Waals surface area (Å²) in [6.07, 6.45) is 6.83. The van der Waals surface area contributed by atoms with Crippen molar-refractivity contribution in [2.45, 2.75) is 32.7 Å². The van der Waals surface area contributed by atoms with Gasteiger partial charge in [0, 0.05) is 12.1 Å². The maximum atomic E-state index is 13.0. The quantitative estimate of drug-likeness (QED) is 0.274. The number of nitrogens with one attached hydrogen (secondary N) is 3. The summed E-state index contributed by atoms with van der Waals surface area (Å²) in [5.41, 5.74) is 8.23. The van der Waals surface area contributed by atoms with E-state index < -0.39 is 5.91 Å². The Hall–Kier alpha value is -3.86. The number of carbonyl (C=O) groups excluding carboxylic acids is 2. The van der Waals surface area contributed by atoms with Crippen molar-refractivity contribution >= 4 is 46.7 Å². The number of aromatic nitrogens is 1. The van der Waals surface area contributed by atoms with Crippen molar-refractivity contribution < 1.29 is 18.8 Å². The number of anilines is 1. The Bertz CT molecular complexity index is 1400. The second-order valence-corrected chi connectivity index (χ2v) is 9.89. The van der Waals surface area contributed by atoms with Gasteiger partial charge in [-0.15, -0.1) is 0 Å². The largest absolute Gasteiger partial charge is 0.490 e. The summed E-state index contributed by atoms with van der Waals surface area (Å²) in [7, 11) is 0. The van der Waals surface area contributed by atoms with Crippen LogP contribution >= 0.6 is 23.2 Å². The molecule has 3 aromatic rings. The fourth-order valence-corrected chi connectivity index (χ4v) is 4.63. The lowest BCUT2D eigenvalue weighted by molar-refractivity contribution is -0.115. The highest BCUT2D eigenvalue weighted by Crippen LogP contribution is 2.32. The van der Waals surface area contributed by atoms with Gasteiger partial charge in [0.05, 0.1) is 22.3 Å². The number of rotatable bonds is 0. The summed E-state index contributed by atoms with van der Waals surface area (Å²) >= 11 is 12.8. The smallest absolute Gasteiger partial charge is 0.286 e. The predicted molar refractivity (Wildman–Crippen MR) is 156 cm³/mol. The van der Waals surface area contributed by atoms with Gasteiger partial charge >= 0.3 is 0 Å². The Morgan fingerprint density at radius 2 is 1.75 bits per heavy atom. The molecular formula is C28H30Cl2N6O4. The maximum absolute atomic E-state index is 13.0. The molecule has 0 saturated heterocycles. The second-order valence-electron chi connectivity index (χ2n) is 9.08. The third-order valence-electron chi connectivity index (χ3n) is 6.04. The highest BCUT2D eigenvalue weighted by Gasteiger charge is 2.22. The molecule has 2 amide bonds. The van der Waals surface area contributed by atoms with Crippen molar-refractivity contribution in [3.63, 3.8) is 0 Å². The zero-order valence-corrected chi connectivity index (χ0v) is 23.4. The number of nitrogens with two attached hydrogens (primary N) is 1. The minimum absolute atomic E-state index is 0.110. The molecule has 0 fully saturated rings. The van der Waals surface area contributed by atoms with Crippen molar-refractivity contribution in [2.24, 2.45) is 10.7 Å². The number of benzene rings is 2. The molecule has 3 aliphatic rings. The number of aliphatic imine (C=N–C) groups is 1. The van der Waals surface area contributed by atoms with Crippen molar-refractivity contribution in [3.05, 3.63) is 75.5 Å². The van der Waals surface area contributed by atoms with Crippen molar-refractivity contribution in [2.75, 3.05) is 25.0 Å². The van der Waals surface area contributed by atoms with E-state index in [-0.39, 0.29) is 40.6 Å². The van der Waals surface area contributed by atoms with Crippen LogP contribution in [0.15, 0.2) is 58.1 Å². The highest BCUT2D eigenvalue weighted by atomic mass is 35.5. The number of nitrogens with zero attached hydrogens (tertiary/aromatic N) is 2. The van der Waals surface area contributed by atoms with E-state index in [4.69, 9.17) is 38.2 Å². The van der Waals surface area contributed by atoms with Gasteiger partial charge in [-0.05, 0) is 74.7 Å². The average Bonchev–Trinajstić information content (AvgIpc) is 3.32. The number of guanidine groups is 1. The molecule has 1 aromatic heterocycles. The predicted octanol–water partition coefficient (Wildman–Crippen LogP) is 4.85. The van der Waals surface area contributed by atoms with Crippen LogP contribution in [0.2, 0.25) is 10.0 Å². The number of ether oxygens (including phenoxy) is 1. The molecule has 10 nitrogen and oxygen atoms in total. The Kier molecular flexibility index (Phi) is 10.2. The van der Waals surface area contributed by atoms with Crippen LogP contribution in [0, 0.1) is 6.92 Å². The van der Waals surface area contributed by atoms with E-state index in [1.54, 1.807) is 43.3 Å². The molecule has 0 aliphatic carbocycles. The number of fused-ring (bicyclic) bond motifs is 2. The fraction of sp³-hybridized carbons (Fsp3) is 0.286. The van der Waals surface area contributed by atoms with E-state index in [0.29, 0.717) is 47.2 Å². The zero-order chi connectivity index (χ0) is 28.5. The van der Waals surface area contributed by atoms with Crippen LogP contribution in [0.1, 0.15) is 40.9 Å². The summed E-state index contributed by atoms with van der Waals surface area (Å²) in [4.78, 5) is 29.4. The van der Waals surface area contributed by atoms with Crippen molar-refractivity contribution in [1.29, 1.82) is 0 Å². The molecule has 0 saturated carbocycles. The van der Waals surface area contributed by atoms with Crippen LogP contribution in [0.25, 0.3) is 11.3 Å². The first-order chi connectivity index (χ1) is 19.3. The Morgan fingerprint density at radius 3 is 2.50 bits per heavy atom. The van der Waals surface area contributed by atoms with Crippen LogP contribution < -0.4 is 26.4 Å². The third-order valence-corrected chi connectivity index (χ3v) is 6.64. The number of allylic oxidation sites excluding steroid dienone is 1. The van der Waals surface area contributed by atoms with E-state index in [9.17, 15) is 9.59 Å².